The van der Waals surface area contributed by atoms with E-state index < -0.39 is 11.4 Å². The third-order valence-electron chi connectivity index (χ3n) is 3.48. The monoisotopic (exact) mass is 255 g/mol. The fourth-order valence-electron chi connectivity index (χ4n) is 2.87. The lowest BCUT2D eigenvalue weighted by Gasteiger charge is -2.48. The van der Waals surface area contributed by atoms with E-state index in [4.69, 9.17) is 20.4 Å². The molecular weight excluding hydrogens is 236 g/mol. The molecule has 3 nitrogen and oxygen atoms in total. The Bertz CT molecular complexity index is 408. The van der Waals surface area contributed by atoms with Gasteiger partial charge < -0.3 is 9.84 Å². The molecule has 4 radical (unpaired) electrons. The van der Waals surface area contributed by atoms with E-state index in [9.17, 15) is 5.11 Å². The van der Waals surface area contributed by atoms with E-state index >= 15 is 0 Å². The molecule has 0 aromatic heterocycles. The van der Waals surface area contributed by atoms with Crippen LogP contribution in [0.25, 0.3) is 0 Å². The number of benzene rings is 1. The highest BCUT2D eigenvalue weighted by Gasteiger charge is 2.40. The molecule has 5 heteroatoms. The summed E-state index contributed by atoms with van der Waals surface area (Å²) in [7, 11) is 11.4. The Morgan fingerprint density at radius 3 is 2.53 bits per heavy atom. The molecule has 1 aromatic carbocycles. The van der Waals surface area contributed by atoms with E-state index in [1.54, 1.807) is 0 Å². The molecule has 1 fully saturated rings. The molecule has 19 heavy (non-hydrogen) atoms. The van der Waals surface area contributed by atoms with Gasteiger partial charge in [-0.2, -0.15) is 0 Å². The van der Waals surface area contributed by atoms with Crippen LogP contribution in [0.5, 0.6) is 0 Å². The van der Waals surface area contributed by atoms with Crippen LogP contribution in [0.15, 0.2) is 30.3 Å². The molecule has 1 N–H and O–H groups in total. The van der Waals surface area contributed by atoms with Crippen LogP contribution in [0.4, 0.5) is 0 Å². The van der Waals surface area contributed by atoms with Crippen molar-refractivity contribution in [3.8, 4) is 0 Å². The smallest absolute Gasteiger partial charge is 0.101 e. The summed E-state index contributed by atoms with van der Waals surface area (Å²) in [4.78, 5) is 2.09. The van der Waals surface area contributed by atoms with Crippen LogP contribution in [-0.2, 0) is 11.3 Å². The minimum absolute atomic E-state index is 0.0947. The molecule has 1 saturated heterocycles. The highest BCUT2D eigenvalue weighted by molar-refractivity contribution is 6.39. The van der Waals surface area contributed by atoms with Gasteiger partial charge in [-0.1, -0.05) is 30.3 Å². The molecule has 1 heterocycles. The quantitative estimate of drug-likeness (QED) is 0.805. The predicted octanol–water partition coefficient (Wildman–Crippen LogP) is 0.647. The number of rotatable bonds is 3. The van der Waals surface area contributed by atoms with Crippen LogP contribution in [-0.4, -0.2) is 55.9 Å². The highest BCUT2D eigenvalue weighted by atomic mass is 16.5. The fourth-order valence-corrected chi connectivity index (χ4v) is 2.87. The summed E-state index contributed by atoms with van der Waals surface area (Å²) in [6.07, 6.45) is -0.121. The summed E-state index contributed by atoms with van der Waals surface area (Å²) in [5.74, 6) is 0. The van der Waals surface area contributed by atoms with Gasteiger partial charge in [0.25, 0.3) is 0 Å². The van der Waals surface area contributed by atoms with Crippen LogP contribution >= 0.6 is 0 Å². The number of hydrogen-bond acceptors (Lipinski definition) is 3. The van der Waals surface area contributed by atoms with Gasteiger partial charge in [-0.15, -0.1) is 0 Å². The van der Waals surface area contributed by atoms with Gasteiger partial charge in [0.15, 0.2) is 0 Å². The van der Waals surface area contributed by atoms with Crippen LogP contribution in [0.3, 0.4) is 0 Å². The molecule has 1 aliphatic rings. The second kappa shape index (κ2) is 5.70. The van der Waals surface area contributed by atoms with Gasteiger partial charge in [-0.05, 0) is 19.4 Å². The molecular formula is C14H19B2NO2. The number of hydrogen-bond donors (Lipinski definition) is 1. The molecule has 2 rings (SSSR count). The molecule has 0 saturated carbocycles. The molecule has 1 aromatic rings. The minimum atomic E-state index is -1.77. The number of aliphatic hydroxyl groups is 1. The Morgan fingerprint density at radius 2 is 1.95 bits per heavy atom. The van der Waals surface area contributed by atoms with Gasteiger partial charge >= 0.3 is 0 Å². The van der Waals surface area contributed by atoms with Crippen molar-refractivity contribution in [2.24, 2.45) is 0 Å². The van der Waals surface area contributed by atoms with Crippen molar-refractivity contribution >= 4 is 15.7 Å². The van der Waals surface area contributed by atoms with E-state index in [0.29, 0.717) is 13.1 Å². The van der Waals surface area contributed by atoms with Gasteiger partial charge in [0.2, 0.25) is 0 Å². The lowest BCUT2D eigenvalue weighted by molar-refractivity contribution is -0.133. The average molecular weight is 255 g/mol. The van der Waals surface area contributed by atoms with Crippen LogP contribution < -0.4 is 0 Å². The predicted molar refractivity (Wildman–Crippen MR) is 77.1 cm³/mol. The molecule has 3 unspecified atom stereocenters. The Labute approximate surface area is 117 Å². The summed E-state index contributed by atoms with van der Waals surface area (Å²) in [6.45, 7) is 5.29. The zero-order chi connectivity index (χ0) is 14.0. The summed E-state index contributed by atoms with van der Waals surface area (Å²) < 4.78 is 5.73. The third-order valence-corrected chi connectivity index (χ3v) is 3.48. The lowest BCUT2D eigenvalue weighted by atomic mass is 9.59. The normalized spacial score (nSPS) is 29.3. The van der Waals surface area contributed by atoms with Crippen molar-refractivity contribution in [1.82, 2.24) is 4.90 Å². The first kappa shape index (κ1) is 14.6. The molecule has 0 bridgehead atoms. The van der Waals surface area contributed by atoms with Crippen LogP contribution in [0.2, 0.25) is 0 Å². The van der Waals surface area contributed by atoms with Crippen molar-refractivity contribution < 1.29 is 9.84 Å². The Hall–Kier alpha value is -0.770. The maximum Gasteiger partial charge on any atom is 0.101 e. The summed E-state index contributed by atoms with van der Waals surface area (Å²) in [5, 5.41) is 8.21. The maximum absolute atomic E-state index is 9.98. The van der Waals surface area contributed by atoms with Gasteiger partial charge in [0.05, 0.1) is 12.2 Å². The van der Waals surface area contributed by atoms with Gasteiger partial charge in [-0.25, -0.2) is 0 Å². The Balaban J connectivity index is 2.18. The summed E-state index contributed by atoms with van der Waals surface area (Å²) >= 11 is 0. The van der Waals surface area contributed by atoms with E-state index in [2.05, 4.69) is 4.90 Å². The number of nitrogens with zero attached hydrogens (tertiary/aromatic N) is 1. The largest absolute Gasteiger partial charge is 0.407 e. The topological polar surface area (TPSA) is 32.7 Å². The molecule has 98 valence electrons. The average Bonchev–Trinajstić information content (AvgIpc) is 2.27. The highest BCUT2D eigenvalue weighted by Crippen LogP contribution is 2.25. The number of ether oxygens (including phenoxy) is 1. The SMILES string of the molecule is [B]C([B])(O)C1C(C)OC(C)CN1Cc1ccccc1. The zero-order valence-electron chi connectivity index (χ0n) is 11.5. The molecule has 1 aliphatic heterocycles. The summed E-state index contributed by atoms with van der Waals surface area (Å²) in [5.41, 5.74) is 1.16. The van der Waals surface area contributed by atoms with E-state index in [0.717, 1.165) is 5.56 Å². The first-order valence-electron chi connectivity index (χ1n) is 6.61. The van der Waals surface area contributed by atoms with E-state index in [-0.39, 0.29) is 12.2 Å². The standard InChI is InChI=1S/C14H19B2NO2/c1-10-8-17(9-12-6-4-3-5-7-12)13(11(2)19-10)14(15,16)18/h3-7,10-11,13,18H,8-9H2,1-2H3. The molecule has 0 spiro atoms. The van der Waals surface area contributed by atoms with Crippen molar-refractivity contribution in [1.29, 1.82) is 0 Å². The van der Waals surface area contributed by atoms with Gasteiger partial charge in [-0.3, -0.25) is 4.90 Å². The zero-order valence-corrected chi connectivity index (χ0v) is 11.5. The maximum atomic E-state index is 9.98. The number of morpholine rings is 1. The Kier molecular flexibility index (Phi) is 4.39. The van der Waals surface area contributed by atoms with Crippen molar-refractivity contribution in [2.75, 3.05) is 6.54 Å². The minimum Gasteiger partial charge on any atom is -0.407 e. The second-order valence-electron chi connectivity index (χ2n) is 5.40. The fraction of sp³-hybridized carbons (Fsp3) is 0.571. The molecule has 3 atom stereocenters. The molecule has 0 amide bonds. The first-order valence-corrected chi connectivity index (χ1v) is 6.61. The second-order valence-corrected chi connectivity index (χ2v) is 5.40. The third kappa shape index (κ3) is 3.62. The first-order chi connectivity index (χ1) is 8.88. The van der Waals surface area contributed by atoms with Crippen LogP contribution in [0.1, 0.15) is 19.4 Å². The van der Waals surface area contributed by atoms with E-state index in [1.165, 1.54) is 0 Å². The lowest BCUT2D eigenvalue weighted by Crippen LogP contribution is -2.64. The molecule has 0 aliphatic carbocycles. The van der Waals surface area contributed by atoms with Crippen molar-refractivity contribution in [3.63, 3.8) is 0 Å². The summed E-state index contributed by atoms with van der Waals surface area (Å²) in [6, 6.07) is 9.64. The van der Waals surface area contributed by atoms with E-state index in [1.807, 2.05) is 44.2 Å². The van der Waals surface area contributed by atoms with Crippen LogP contribution in [0, 0.1) is 0 Å². The van der Waals surface area contributed by atoms with Gasteiger partial charge in [0.1, 0.15) is 15.7 Å². The van der Waals surface area contributed by atoms with Crippen molar-refractivity contribution in [2.45, 2.75) is 44.0 Å². The Morgan fingerprint density at radius 1 is 1.32 bits per heavy atom. The van der Waals surface area contributed by atoms with Gasteiger partial charge in [0, 0.05) is 24.5 Å². The van der Waals surface area contributed by atoms with Crippen molar-refractivity contribution in [3.05, 3.63) is 35.9 Å².